The Labute approximate surface area is 83.4 Å². The minimum absolute atomic E-state index is 0. The maximum Gasteiger partial charge on any atom is 0.322 e. The van der Waals surface area contributed by atoms with Crippen LogP contribution in [0.25, 0.3) is 0 Å². The second-order valence-corrected chi connectivity index (χ2v) is 5.07. The zero-order valence-electron chi connectivity index (χ0n) is 9.30. The van der Waals surface area contributed by atoms with Gasteiger partial charge in [0.25, 0.3) is 0 Å². The summed E-state index contributed by atoms with van der Waals surface area (Å²) < 4.78 is 10.5. The van der Waals surface area contributed by atoms with Gasteiger partial charge < -0.3 is 20.3 Å². The van der Waals surface area contributed by atoms with E-state index >= 15 is 0 Å². The molecule has 0 aromatic rings. The topological polar surface area (TPSA) is 65.5 Å². The van der Waals surface area contributed by atoms with Crippen molar-refractivity contribution in [2.24, 2.45) is 0 Å². The molecule has 5 heteroatoms. The monoisotopic (exact) mass is 208 g/mol. The average Bonchev–Trinajstić information content (AvgIpc) is 2.12. The highest BCUT2D eigenvalue weighted by Crippen LogP contribution is 2.03. The van der Waals surface area contributed by atoms with Crippen LogP contribution in [0.1, 0.15) is 20.3 Å². The third-order valence-corrected chi connectivity index (χ3v) is 3.99. The average molecular weight is 208 g/mol. The molecular formula is C8H24N2O2Si. The van der Waals surface area contributed by atoms with Gasteiger partial charge in [-0.05, 0) is 13.0 Å². The molecule has 0 fully saturated rings. The first-order valence-electron chi connectivity index (χ1n) is 4.57. The largest absolute Gasteiger partial charge is 0.400 e. The van der Waals surface area contributed by atoms with Crippen LogP contribution in [0.2, 0.25) is 6.04 Å². The predicted molar refractivity (Wildman–Crippen MR) is 58.8 cm³/mol. The standard InChI is InChI=1S/C8H21NO2Si.H3N/c1-5-8(9-6-2)7-12(10-3)11-4;/h8-9,12H,5-7H2,1-4H3;1H3. The highest BCUT2D eigenvalue weighted by atomic mass is 28.3. The van der Waals surface area contributed by atoms with E-state index in [-0.39, 0.29) is 6.15 Å². The summed E-state index contributed by atoms with van der Waals surface area (Å²) in [5, 5.41) is 3.41. The SMILES string of the molecule is CCNC(CC)C[SiH](OC)OC.N. The van der Waals surface area contributed by atoms with Gasteiger partial charge in [-0.2, -0.15) is 0 Å². The summed E-state index contributed by atoms with van der Waals surface area (Å²) in [5.41, 5.74) is 0. The number of nitrogens with one attached hydrogen (secondary N) is 1. The van der Waals surface area contributed by atoms with Crippen LogP contribution in [0.15, 0.2) is 0 Å². The van der Waals surface area contributed by atoms with Crippen LogP contribution in [-0.2, 0) is 8.85 Å². The maximum absolute atomic E-state index is 5.25. The molecule has 82 valence electrons. The molecule has 0 saturated carbocycles. The third kappa shape index (κ3) is 7.15. The van der Waals surface area contributed by atoms with E-state index in [1.165, 1.54) is 0 Å². The van der Waals surface area contributed by atoms with Gasteiger partial charge in [0, 0.05) is 26.3 Å². The van der Waals surface area contributed by atoms with Crippen molar-refractivity contribution in [1.82, 2.24) is 11.5 Å². The summed E-state index contributed by atoms with van der Waals surface area (Å²) in [5.74, 6) is 0. The van der Waals surface area contributed by atoms with Crippen LogP contribution >= 0.6 is 0 Å². The normalized spacial score (nSPS) is 12.7. The lowest BCUT2D eigenvalue weighted by atomic mass is 10.2. The first-order valence-corrected chi connectivity index (χ1v) is 6.33. The van der Waals surface area contributed by atoms with E-state index in [9.17, 15) is 0 Å². The lowest BCUT2D eigenvalue weighted by molar-refractivity contribution is 0.271. The van der Waals surface area contributed by atoms with Gasteiger partial charge >= 0.3 is 9.28 Å². The molecule has 0 aromatic carbocycles. The fraction of sp³-hybridized carbons (Fsp3) is 1.00. The Kier molecular flexibility index (Phi) is 12.1. The van der Waals surface area contributed by atoms with Gasteiger partial charge in [0.15, 0.2) is 0 Å². The van der Waals surface area contributed by atoms with Crippen molar-refractivity contribution >= 4 is 9.28 Å². The maximum atomic E-state index is 5.25. The Morgan fingerprint density at radius 2 is 1.77 bits per heavy atom. The molecule has 0 heterocycles. The van der Waals surface area contributed by atoms with Gasteiger partial charge in [0.05, 0.1) is 0 Å². The van der Waals surface area contributed by atoms with E-state index in [0.29, 0.717) is 6.04 Å². The van der Waals surface area contributed by atoms with Crippen LogP contribution in [0.3, 0.4) is 0 Å². The van der Waals surface area contributed by atoms with Crippen molar-refractivity contribution in [3.63, 3.8) is 0 Å². The molecule has 0 aliphatic heterocycles. The molecule has 0 amide bonds. The fourth-order valence-corrected chi connectivity index (χ4v) is 2.75. The molecule has 0 radical (unpaired) electrons. The van der Waals surface area contributed by atoms with E-state index in [2.05, 4.69) is 19.2 Å². The summed E-state index contributed by atoms with van der Waals surface area (Å²) in [6.45, 7) is 5.33. The molecule has 0 bridgehead atoms. The summed E-state index contributed by atoms with van der Waals surface area (Å²) >= 11 is 0. The van der Waals surface area contributed by atoms with E-state index in [0.717, 1.165) is 19.0 Å². The fourth-order valence-electron chi connectivity index (χ4n) is 1.20. The van der Waals surface area contributed by atoms with Gasteiger partial charge in [-0.1, -0.05) is 13.8 Å². The first-order chi connectivity index (χ1) is 5.78. The van der Waals surface area contributed by atoms with Crippen molar-refractivity contribution in [1.29, 1.82) is 0 Å². The minimum Gasteiger partial charge on any atom is -0.400 e. The Morgan fingerprint density at radius 1 is 1.23 bits per heavy atom. The number of hydrogen-bond acceptors (Lipinski definition) is 4. The smallest absolute Gasteiger partial charge is 0.322 e. The van der Waals surface area contributed by atoms with Crippen molar-refractivity contribution in [2.75, 3.05) is 20.8 Å². The van der Waals surface area contributed by atoms with Crippen molar-refractivity contribution in [3.8, 4) is 0 Å². The lowest BCUT2D eigenvalue weighted by Crippen LogP contribution is -2.34. The van der Waals surface area contributed by atoms with Crippen LogP contribution in [-0.4, -0.2) is 36.1 Å². The second-order valence-electron chi connectivity index (χ2n) is 2.80. The van der Waals surface area contributed by atoms with Crippen LogP contribution in [0.5, 0.6) is 0 Å². The molecule has 4 N–H and O–H groups in total. The van der Waals surface area contributed by atoms with Crippen LogP contribution in [0.4, 0.5) is 0 Å². The molecule has 13 heavy (non-hydrogen) atoms. The van der Waals surface area contributed by atoms with Gasteiger partial charge in [-0.15, -0.1) is 0 Å². The Hall–Kier alpha value is 0.0569. The zero-order valence-corrected chi connectivity index (χ0v) is 10.5. The highest BCUT2D eigenvalue weighted by molar-refractivity contribution is 6.44. The second kappa shape index (κ2) is 10.1. The lowest BCUT2D eigenvalue weighted by Gasteiger charge is -2.19. The predicted octanol–water partition coefficient (Wildman–Crippen LogP) is 1.05. The van der Waals surface area contributed by atoms with Gasteiger partial charge in [0.1, 0.15) is 0 Å². The summed E-state index contributed by atoms with van der Waals surface area (Å²) in [4.78, 5) is 0. The number of hydrogen-bond donors (Lipinski definition) is 2. The molecule has 0 aromatic heterocycles. The molecule has 1 unspecified atom stereocenters. The van der Waals surface area contributed by atoms with E-state index < -0.39 is 9.28 Å². The molecule has 0 aliphatic carbocycles. The molecule has 4 nitrogen and oxygen atoms in total. The molecule has 0 saturated heterocycles. The number of rotatable bonds is 7. The van der Waals surface area contributed by atoms with Gasteiger partial charge in [-0.3, -0.25) is 0 Å². The summed E-state index contributed by atoms with van der Waals surface area (Å²) in [7, 11) is 2.11. The zero-order chi connectivity index (χ0) is 9.40. The van der Waals surface area contributed by atoms with E-state index in [1.54, 1.807) is 14.2 Å². The summed E-state index contributed by atoms with van der Waals surface area (Å²) in [6.07, 6.45) is 1.14. The Balaban J connectivity index is 0. The van der Waals surface area contributed by atoms with Gasteiger partial charge in [0.2, 0.25) is 0 Å². The summed E-state index contributed by atoms with van der Waals surface area (Å²) in [6, 6.07) is 1.61. The molecule has 0 aliphatic rings. The quantitative estimate of drug-likeness (QED) is 0.614. The van der Waals surface area contributed by atoms with Crippen LogP contribution < -0.4 is 11.5 Å². The van der Waals surface area contributed by atoms with Crippen molar-refractivity contribution < 1.29 is 8.85 Å². The van der Waals surface area contributed by atoms with Gasteiger partial charge in [-0.25, -0.2) is 0 Å². The molecule has 0 rings (SSSR count). The molecule has 1 atom stereocenters. The van der Waals surface area contributed by atoms with Crippen molar-refractivity contribution in [2.45, 2.75) is 32.4 Å². The highest BCUT2D eigenvalue weighted by Gasteiger charge is 2.15. The first kappa shape index (κ1) is 15.5. The minimum atomic E-state index is -1.36. The van der Waals surface area contributed by atoms with E-state index in [4.69, 9.17) is 8.85 Å². The third-order valence-electron chi connectivity index (χ3n) is 1.99. The van der Waals surface area contributed by atoms with Crippen molar-refractivity contribution in [3.05, 3.63) is 0 Å². The Bertz CT molecular complexity index is 102. The van der Waals surface area contributed by atoms with E-state index in [1.807, 2.05) is 0 Å². The van der Waals surface area contributed by atoms with Crippen LogP contribution in [0, 0.1) is 0 Å². The molecule has 0 spiro atoms. The Morgan fingerprint density at radius 3 is 2.08 bits per heavy atom. The molecular weight excluding hydrogens is 184 g/mol.